The van der Waals surface area contributed by atoms with Gasteiger partial charge in [-0.15, -0.1) is 0 Å². The lowest BCUT2D eigenvalue weighted by atomic mass is 10.1. The lowest BCUT2D eigenvalue weighted by molar-refractivity contribution is -0.116. The topological polar surface area (TPSA) is 38.3 Å². The maximum absolute atomic E-state index is 11.3. The molecule has 3 nitrogen and oxygen atoms in total. The standard InChI is InChI=1S/C10H15NO2/c12-10(11-9-1-2-9)7-8-3-5-13-6-4-8/h7,9H,1-6H2,(H,11,12). The quantitative estimate of drug-likeness (QED) is 0.645. The van der Waals surface area contributed by atoms with Gasteiger partial charge in [-0.1, -0.05) is 5.57 Å². The fourth-order valence-electron chi connectivity index (χ4n) is 1.43. The highest BCUT2D eigenvalue weighted by atomic mass is 16.5. The first kappa shape index (κ1) is 8.75. The van der Waals surface area contributed by atoms with Crippen molar-refractivity contribution in [3.63, 3.8) is 0 Å². The summed E-state index contributed by atoms with van der Waals surface area (Å²) in [6, 6.07) is 0.462. The van der Waals surface area contributed by atoms with Gasteiger partial charge in [-0.05, 0) is 25.7 Å². The molecule has 1 aliphatic carbocycles. The molecule has 2 aliphatic rings. The Labute approximate surface area is 78.1 Å². The van der Waals surface area contributed by atoms with E-state index in [2.05, 4.69) is 5.32 Å². The van der Waals surface area contributed by atoms with E-state index in [0.717, 1.165) is 38.9 Å². The van der Waals surface area contributed by atoms with Gasteiger partial charge in [0, 0.05) is 12.1 Å². The van der Waals surface area contributed by atoms with Crippen LogP contribution in [0.3, 0.4) is 0 Å². The van der Waals surface area contributed by atoms with Crippen molar-refractivity contribution in [1.29, 1.82) is 0 Å². The summed E-state index contributed by atoms with van der Waals surface area (Å²) >= 11 is 0. The van der Waals surface area contributed by atoms with Crippen molar-refractivity contribution in [1.82, 2.24) is 5.32 Å². The van der Waals surface area contributed by atoms with E-state index < -0.39 is 0 Å². The number of ether oxygens (including phenoxy) is 1. The lowest BCUT2D eigenvalue weighted by Gasteiger charge is -2.14. The smallest absolute Gasteiger partial charge is 0.244 e. The highest BCUT2D eigenvalue weighted by Crippen LogP contribution is 2.19. The van der Waals surface area contributed by atoms with Crippen LogP contribution in [-0.4, -0.2) is 25.2 Å². The molecule has 0 aromatic carbocycles. The van der Waals surface area contributed by atoms with E-state index in [4.69, 9.17) is 4.74 Å². The number of nitrogens with one attached hydrogen (secondary N) is 1. The minimum absolute atomic E-state index is 0.0828. The Morgan fingerprint density at radius 1 is 1.38 bits per heavy atom. The first-order valence-corrected chi connectivity index (χ1v) is 4.92. The predicted octanol–water partition coefficient (Wildman–Crippen LogP) is 1.00. The fourth-order valence-corrected chi connectivity index (χ4v) is 1.43. The Hall–Kier alpha value is -0.830. The summed E-state index contributed by atoms with van der Waals surface area (Å²) in [6.45, 7) is 1.53. The maximum atomic E-state index is 11.3. The van der Waals surface area contributed by atoms with Crippen LogP contribution in [0.1, 0.15) is 25.7 Å². The summed E-state index contributed by atoms with van der Waals surface area (Å²) in [7, 11) is 0. The molecule has 0 radical (unpaired) electrons. The predicted molar refractivity (Wildman–Crippen MR) is 49.3 cm³/mol. The van der Waals surface area contributed by atoms with E-state index in [9.17, 15) is 4.79 Å². The van der Waals surface area contributed by atoms with E-state index >= 15 is 0 Å². The van der Waals surface area contributed by atoms with Gasteiger partial charge in [-0.25, -0.2) is 0 Å². The zero-order valence-corrected chi connectivity index (χ0v) is 7.71. The molecular formula is C10H15NO2. The molecule has 1 saturated carbocycles. The highest BCUT2D eigenvalue weighted by Gasteiger charge is 2.22. The zero-order chi connectivity index (χ0) is 9.10. The van der Waals surface area contributed by atoms with Crippen molar-refractivity contribution in [2.75, 3.05) is 13.2 Å². The highest BCUT2D eigenvalue weighted by molar-refractivity contribution is 5.88. The number of hydrogen-bond acceptors (Lipinski definition) is 2. The Morgan fingerprint density at radius 2 is 2.08 bits per heavy atom. The van der Waals surface area contributed by atoms with Crippen molar-refractivity contribution >= 4 is 5.91 Å². The first-order valence-electron chi connectivity index (χ1n) is 4.92. The Bertz CT molecular complexity index is 223. The zero-order valence-electron chi connectivity index (χ0n) is 7.71. The van der Waals surface area contributed by atoms with Gasteiger partial charge in [0.2, 0.25) is 5.91 Å². The molecule has 0 aromatic heterocycles. The average Bonchev–Trinajstić information content (AvgIpc) is 2.90. The van der Waals surface area contributed by atoms with E-state index in [0.29, 0.717) is 6.04 Å². The summed E-state index contributed by atoms with van der Waals surface area (Å²) in [6.07, 6.45) is 5.88. The molecule has 0 aromatic rings. The molecule has 2 fully saturated rings. The molecule has 1 amide bonds. The summed E-state index contributed by atoms with van der Waals surface area (Å²) < 4.78 is 5.20. The van der Waals surface area contributed by atoms with Crippen molar-refractivity contribution in [3.8, 4) is 0 Å². The molecule has 2 rings (SSSR count). The van der Waals surface area contributed by atoms with Gasteiger partial charge < -0.3 is 10.1 Å². The van der Waals surface area contributed by atoms with Crippen LogP contribution in [-0.2, 0) is 9.53 Å². The fraction of sp³-hybridized carbons (Fsp3) is 0.700. The third-order valence-corrected chi connectivity index (χ3v) is 2.39. The van der Waals surface area contributed by atoms with Gasteiger partial charge in [0.1, 0.15) is 0 Å². The molecular weight excluding hydrogens is 166 g/mol. The van der Waals surface area contributed by atoms with Gasteiger partial charge in [0.15, 0.2) is 0 Å². The molecule has 1 N–H and O–H groups in total. The van der Waals surface area contributed by atoms with Gasteiger partial charge in [-0.3, -0.25) is 4.79 Å². The second kappa shape index (κ2) is 3.92. The number of carbonyl (C=O) groups is 1. The Kier molecular flexibility index (Phi) is 2.64. The van der Waals surface area contributed by atoms with Crippen LogP contribution >= 0.6 is 0 Å². The molecule has 1 saturated heterocycles. The third-order valence-electron chi connectivity index (χ3n) is 2.39. The minimum atomic E-state index is 0.0828. The molecule has 0 spiro atoms. The number of amides is 1. The second-order valence-corrected chi connectivity index (χ2v) is 3.70. The second-order valence-electron chi connectivity index (χ2n) is 3.70. The van der Waals surface area contributed by atoms with Crippen LogP contribution in [0.2, 0.25) is 0 Å². The van der Waals surface area contributed by atoms with Crippen LogP contribution in [0.4, 0.5) is 0 Å². The van der Waals surface area contributed by atoms with Gasteiger partial charge in [-0.2, -0.15) is 0 Å². The molecule has 0 unspecified atom stereocenters. The summed E-state index contributed by atoms with van der Waals surface area (Å²) in [4.78, 5) is 11.3. The normalized spacial score (nSPS) is 22.6. The largest absolute Gasteiger partial charge is 0.381 e. The number of rotatable bonds is 2. The maximum Gasteiger partial charge on any atom is 0.244 e. The monoisotopic (exact) mass is 181 g/mol. The van der Waals surface area contributed by atoms with Gasteiger partial charge in [0.05, 0.1) is 13.2 Å². The van der Waals surface area contributed by atoms with Crippen molar-refractivity contribution in [3.05, 3.63) is 11.6 Å². The van der Waals surface area contributed by atoms with E-state index in [1.807, 2.05) is 0 Å². The summed E-state index contributed by atoms with van der Waals surface area (Å²) in [5, 5.41) is 2.95. The van der Waals surface area contributed by atoms with Crippen LogP contribution in [0.25, 0.3) is 0 Å². The number of hydrogen-bond donors (Lipinski definition) is 1. The molecule has 1 aliphatic heterocycles. The Balaban J connectivity index is 1.81. The van der Waals surface area contributed by atoms with Gasteiger partial charge in [0.25, 0.3) is 0 Å². The molecule has 0 bridgehead atoms. The molecule has 3 heteroatoms. The summed E-state index contributed by atoms with van der Waals surface area (Å²) in [5.74, 6) is 0.0828. The summed E-state index contributed by atoms with van der Waals surface area (Å²) in [5.41, 5.74) is 1.23. The third kappa shape index (κ3) is 2.84. The van der Waals surface area contributed by atoms with Crippen LogP contribution in [0.15, 0.2) is 11.6 Å². The van der Waals surface area contributed by atoms with E-state index in [-0.39, 0.29) is 5.91 Å². The average molecular weight is 181 g/mol. The van der Waals surface area contributed by atoms with E-state index in [1.54, 1.807) is 6.08 Å². The number of carbonyl (C=O) groups excluding carboxylic acids is 1. The van der Waals surface area contributed by atoms with Crippen molar-refractivity contribution in [2.24, 2.45) is 0 Å². The van der Waals surface area contributed by atoms with Crippen LogP contribution in [0.5, 0.6) is 0 Å². The molecule has 0 atom stereocenters. The van der Waals surface area contributed by atoms with Crippen molar-refractivity contribution in [2.45, 2.75) is 31.7 Å². The molecule has 13 heavy (non-hydrogen) atoms. The van der Waals surface area contributed by atoms with Crippen LogP contribution < -0.4 is 5.32 Å². The van der Waals surface area contributed by atoms with Crippen LogP contribution in [0, 0.1) is 0 Å². The lowest BCUT2D eigenvalue weighted by Crippen LogP contribution is -2.24. The Morgan fingerprint density at radius 3 is 2.69 bits per heavy atom. The molecule has 1 heterocycles. The SMILES string of the molecule is O=C(C=C1CCOCC1)NC1CC1. The van der Waals surface area contributed by atoms with Gasteiger partial charge >= 0.3 is 0 Å². The first-order chi connectivity index (χ1) is 6.34. The van der Waals surface area contributed by atoms with Crippen molar-refractivity contribution < 1.29 is 9.53 Å². The minimum Gasteiger partial charge on any atom is -0.381 e. The van der Waals surface area contributed by atoms with E-state index in [1.165, 1.54) is 5.57 Å². The molecule has 72 valence electrons.